The number of likely N-dealkylation sites (N-methyl/N-ethyl adjacent to an activating group) is 3. The first-order chi connectivity index (χ1) is 42.3. The minimum Gasteiger partial charge on any atom is -0.504 e. The summed E-state index contributed by atoms with van der Waals surface area (Å²) in [5.74, 6) is -5.73. The van der Waals surface area contributed by atoms with Gasteiger partial charge in [0.25, 0.3) is 11.8 Å². The van der Waals surface area contributed by atoms with Crippen LogP contribution in [0.2, 0.25) is 0 Å². The molecule has 1 fully saturated rings. The quantitative estimate of drug-likeness (QED) is 0.0979. The Balaban J connectivity index is 1.33. The summed E-state index contributed by atoms with van der Waals surface area (Å²) in [6, 6.07) is 20.3. The fourth-order valence-corrected chi connectivity index (χ4v) is 10.5. The molecule has 0 spiro atoms. The molecule has 5 atom stereocenters. The smallest absolute Gasteiger partial charge is 0.330 e. The minimum absolute atomic E-state index is 0.00289. The van der Waals surface area contributed by atoms with Crippen molar-refractivity contribution < 1.29 is 71.9 Å². The number of benzene rings is 4. The zero-order valence-electron chi connectivity index (χ0n) is 53.3. The number of Topliss-reactive ketones (excluding diaryl/α,β-unsaturated/α-hetero) is 1. The third-order valence-corrected chi connectivity index (χ3v) is 16.1. The van der Waals surface area contributed by atoms with E-state index in [1.165, 1.54) is 60.7 Å². The number of piperidine rings is 1. The van der Waals surface area contributed by atoms with E-state index >= 15 is 4.79 Å². The van der Waals surface area contributed by atoms with Crippen LogP contribution in [0, 0.1) is 5.41 Å². The Morgan fingerprint density at radius 2 is 1.48 bits per heavy atom. The molecule has 2 aliphatic rings. The van der Waals surface area contributed by atoms with Crippen LogP contribution < -0.4 is 20.1 Å². The second-order valence-corrected chi connectivity index (χ2v) is 24.6. The van der Waals surface area contributed by atoms with Gasteiger partial charge in [-0.05, 0) is 144 Å². The Bertz CT molecular complexity index is 3170. The van der Waals surface area contributed by atoms with Gasteiger partial charge in [-0.2, -0.15) is 0 Å². The number of hydrogen-bond donors (Lipinski definition) is 3. The van der Waals surface area contributed by atoms with Crippen molar-refractivity contribution in [2.24, 2.45) is 5.41 Å². The van der Waals surface area contributed by atoms with Gasteiger partial charge in [-0.25, -0.2) is 9.59 Å². The highest BCUT2D eigenvalue weighted by Gasteiger charge is 2.43. The molecule has 21 heteroatoms. The maximum absolute atomic E-state index is 15.1. The van der Waals surface area contributed by atoms with Gasteiger partial charge in [-0.15, -0.1) is 0 Å². The first-order valence-corrected chi connectivity index (χ1v) is 30.7. The third kappa shape index (κ3) is 20.4. The van der Waals surface area contributed by atoms with E-state index in [0.29, 0.717) is 74.6 Å². The number of methoxy groups -OCH3 is 1. The van der Waals surface area contributed by atoms with Crippen LogP contribution in [0.1, 0.15) is 129 Å². The van der Waals surface area contributed by atoms with E-state index in [-0.39, 0.29) is 56.1 Å². The number of phenolic OH excluding ortho intramolecular Hbond substituents is 1. The number of ketones is 1. The molecule has 21 nitrogen and oxygen atoms in total. The lowest BCUT2D eigenvalue weighted by molar-refractivity contribution is -0.165. The predicted octanol–water partition coefficient (Wildman–Crippen LogP) is 7.37. The van der Waals surface area contributed by atoms with Crippen molar-refractivity contribution in [3.63, 3.8) is 0 Å². The first-order valence-electron chi connectivity index (χ1n) is 30.7. The van der Waals surface area contributed by atoms with E-state index in [2.05, 4.69) is 10.6 Å². The number of nitrogens with zero attached hydrogens (tertiary/aromatic N) is 4. The van der Waals surface area contributed by atoms with Crippen LogP contribution >= 0.6 is 0 Å². The van der Waals surface area contributed by atoms with Gasteiger partial charge in [0.05, 0.1) is 31.3 Å². The number of rotatable bonds is 11. The number of hydrogen-bond acceptors (Lipinski definition) is 15. The zero-order valence-corrected chi connectivity index (χ0v) is 53.3. The number of aryl methyl sites for hydroxylation is 1. The summed E-state index contributed by atoms with van der Waals surface area (Å²) in [7, 11) is 5.97. The Labute approximate surface area is 522 Å². The Morgan fingerprint density at radius 3 is 2.20 bits per heavy atom. The number of fused-ring (bicyclic) bond motifs is 4. The lowest BCUT2D eigenvalue weighted by atomic mass is 9.87. The van der Waals surface area contributed by atoms with Gasteiger partial charge in [0, 0.05) is 46.7 Å². The standard InChI is InChI=1S/C68H90N6O15/c1-11-12-26-52-63(81)70-51(38-46-29-32-47-22-16-17-23-48(47)37-46)64(82)73(9)54(42-88-67(2,3)4)62(80)69-41-58(76)71(7)35-19-14-13-15-28-60(78)87-44-68(5,6)61(79)65(83)74-36-20-18-27-53(74)66(84)89-56(33-30-45-31-34-57(85-10)55(75)39-45)49-24-21-25-50(40-49)86-43-59(77)72(52)8/h15-17,21-25,28-29,31-32,34,37,39-40,51-54,56,75H,11-14,18-20,26-27,30,33,35-36,38,41-44H2,1-10H3,(H,69,80)(H,70,81)/b28-15+/t51-,52-,53-,54-,56+/m0/s1. The lowest BCUT2D eigenvalue weighted by Gasteiger charge is -2.36. The molecular formula is C68H90N6O15. The molecule has 482 valence electrons. The zero-order chi connectivity index (χ0) is 65.0. The van der Waals surface area contributed by atoms with Crippen molar-refractivity contribution in [2.45, 2.75) is 154 Å². The maximum atomic E-state index is 15.1. The fraction of sp³-hybridized carbons (Fsp3) is 0.515. The molecule has 0 aromatic heterocycles. The van der Waals surface area contributed by atoms with E-state index < -0.39 is 114 Å². The maximum Gasteiger partial charge on any atom is 0.330 e. The van der Waals surface area contributed by atoms with Crippen molar-refractivity contribution in [3.8, 4) is 17.2 Å². The number of carbonyl (C=O) groups excluding carboxylic acids is 9. The van der Waals surface area contributed by atoms with Crippen LogP contribution in [0.5, 0.6) is 17.2 Å². The van der Waals surface area contributed by atoms with Crippen LogP contribution in [0.25, 0.3) is 10.8 Å². The highest BCUT2D eigenvalue weighted by Crippen LogP contribution is 2.33. The minimum atomic E-state index is -1.47. The largest absolute Gasteiger partial charge is 0.504 e. The number of aromatic hydroxyl groups is 1. The number of cyclic esters (lactones) is 2. The summed E-state index contributed by atoms with van der Waals surface area (Å²) in [6.45, 7) is 9.14. The number of unbranched alkanes of at least 4 members (excludes halogenated alkanes) is 1. The number of allylic oxidation sites excluding steroid dienone is 1. The summed E-state index contributed by atoms with van der Waals surface area (Å²) in [5, 5.41) is 18.2. The Kier molecular flexibility index (Phi) is 25.7. The molecule has 0 aliphatic carbocycles. The second kappa shape index (κ2) is 32.8. The molecule has 6 rings (SSSR count). The number of esters is 2. The first kappa shape index (κ1) is 69.8. The van der Waals surface area contributed by atoms with Crippen molar-refractivity contribution >= 4 is 63.9 Å². The third-order valence-electron chi connectivity index (χ3n) is 16.1. The van der Waals surface area contributed by atoms with E-state index in [1.54, 1.807) is 76.4 Å². The molecule has 3 N–H and O–H groups in total. The van der Waals surface area contributed by atoms with E-state index in [1.807, 2.05) is 49.4 Å². The van der Waals surface area contributed by atoms with Crippen molar-refractivity contribution in [1.29, 1.82) is 0 Å². The molecule has 4 aromatic rings. The molecule has 0 radical (unpaired) electrons. The SMILES string of the molecule is CCCC[C@H]1C(=O)N[C@@H](Cc2ccc3ccccc3c2)C(=O)N(C)[C@@H](COC(C)(C)C)C(=O)NCC(=O)N(C)CCCC/C=C/C(=O)OCC(C)(C)C(=O)C(=O)N2CCCC[C@H]2C(=O)O[C@H](CCc2ccc(OC)c(O)c2)c2cccc(c2)OCC(=O)N1C. The number of nitrogens with one attached hydrogen (secondary N) is 2. The summed E-state index contributed by atoms with van der Waals surface area (Å²) in [6.07, 6.45) is 6.63. The molecule has 2 bridgehead atoms. The second-order valence-electron chi connectivity index (χ2n) is 24.6. The molecular weight excluding hydrogens is 1140 g/mol. The van der Waals surface area contributed by atoms with E-state index in [9.17, 15) is 43.5 Å². The molecule has 2 aliphatic heterocycles. The summed E-state index contributed by atoms with van der Waals surface area (Å²) in [4.78, 5) is 133. The normalized spacial score (nSPS) is 22.1. The molecule has 0 unspecified atom stereocenters. The van der Waals surface area contributed by atoms with Crippen LogP contribution in [0.15, 0.2) is 97.1 Å². The van der Waals surface area contributed by atoms with Gasteiger partial charge in [0.1, 0.15) is 42.6 Å². The Hall–Kier alpha value is -8.33. The number of carbonyl (C=O) groups is 9. The Morgan fingerprint density at radius 1 is 0.753 bits per heavy atom. The van der Waals surface area contributed by atoms with Crippen molar-refractivity contribution in [3.05, 3.63) is 114 Å². The van der Waals surface area contributed by atoms with Crippen LogP contribution in [0.4, 0.5) is 0 Å². The molecule has 89 heavy (non-hydrogen) atoms. The highest BCUT2D eigenvalue weighted by molar-refractivity contribution is 6.38. The molecule has 2 heterocycles. The van der Waals surface area contributed by atoms with Crippen LogP contribution in [0.3, 0.4) is 0 Å². The average molecular weight is 1230 g/mol. The van der Waals surface area contributed by atoms with E-state index in [4.69, 9.17) is 23.7 Å². The fourth-order valence-electron chi connectivity index (χ4n) is 10.5. The van der Waals surface area contributed by atoms with Crippen LogP contribution in [-0.2, 0) is 70.2 Å². The highest BCUT2D eigenvalue weighted by atomic mass is 16.5. The summed E-state index contributed by atoms with van der Waals surface area (Å²) in [5.41, 5.74) is -0.337. The van der Waals surface area contributed by atoms with Gasteiger partial charge in [-0.3, -0.25) is 33.6 Å². The number of phenols is 1. The number of amides is 6. The molecule has 6 amide bonds. The number of ether oxygens (including phenoxy) is 5. The lowest BCUT2D eigenvalue weighted by Crippen LogP contribution is -2.59. The van der Waals surface area contributed by atoms with Gasteiger partial charge in [0.2, 0.25) is 29.4 Å². The predicted molar refractivity (Wildman–Crippen MR) is 334 cm³/mol. The summed E-state index contributed by atoms with van der Waals surface area (Å²) < 4.78 is 29.3. The van der Waals surface area contributed by atoms with Gasteiger partial charge < -0.3 is 59.0 Å². The van der Waals surface area contributed by atoms with Crippen LogP contribution in [-0.4, -0.2) is 175 Å². The monoisotopic (exact) mass is 1230 g/mol. The topological polar surface area (TPSA) is 257 Å². The molecule has 1 saturated heterocycles. The molecule has 4 aromatic carbocycles. The van der Waals surface area contributed by atoms with Gasteiger partial charge >= 0.3 is 11.9 Å². The van der Waals surface area contributed by atoms with Crippen molar-refractivity contribution in [2.75, 3.05) is 67.7 Å². The average Bonchev–Trinajstić information content (AvgIpc) is 2.56. The molecule has 0 saturated carbocycles. The van der Waals surface area contributed by atoms with Gasteiger partial charge in [0.15, 0.2) is 18.1 Å². The van der Waals surface area contributed by atoms with Gasteiger partial charge in [-0.1, -0.05) is 86.5 Å². The van der Waals surface area contributed by atoms with Crippen molar-refractivity contribution in [1.82, 2.24) is 30.2 Å². The van der Waals surface area contributed by atoms with E-state index in [0.717, 1.165) is 10.8 Å². The summed E-state index contributed by atoms with van der Waals surface area (Å²) >= 11 is 0.